The van der Waals surface area contributed by atoms with Gasteiger partial charge in [-0.2, -0.15) is 5.10 Å². The topological polar surface area (TPSA) is 97.0 Å². The van der Waals surface area contributed by atoms with Gasteiger partial charge in [0.1, 0.15) is 4.90 Å². The average Bonchev–Trinajstić information content (AvgIpc) is 2.70. The third-order valence-corrected chi connectivity index (χ3v) is 4.17. The summed E-state index contributed by atoms with van der Waals surface area (Å²) in [6, 6.07) is 3.15. The third kappa shape index (κ3) is 2.68. The largest absolute Gasteiger partial charge is 0.481 e. The minimum absolute atomic E-state index is 0.156. The number of aryl methyl sites for hydroxylation is 2. The number of sulfonamides is 1. The molecule has 2 aromatic heterocycles. The zero-order chi connectivity index (χ0) is 14.0. The van der Waals surface area contributed by atoms with Crippen LogP contribution in [0.25, 0.3) is 0 Å². The van der Waals surface area contributed by atoms with Crippen LogP contribution in [-0.4, -0.2) is 30.7 Å². The molecular weight excluding hydrogens is 268 g/mol. The van der Waals surface area contributed by atoms with E-state index in [-0.39, 0.29) is 4.90 Å². The number of nitrogens with one attached hydrogen (secondary N) is 2. The molecular formula is C11H14N4O3S. The lowest BCUT2D eigenvalue weighted by Gasteiger charge is -2.08. The van der Waals surface area contributed by atoms with E-state index in [0.29, 0.717) is 23.0 Å². The summed E-state index contributed by atoms with van der Waals surface area (Å²) >= 11 is 0. The highest BCUT2D eigenvalue weighted by Gasteiger charge is 2.22. The first kappa shape index (κ1) is 13.3. The SMILES string of the molecule is COc1ccc(NS(=O)(=O)c2c(C)n[nH]c2C)cn1. The number of ether oxygens (including phenoxy) is 1. The second-order valence-electron chi connectivity index (χ2n) is 3.96. The van der Waals surface area contributed by atoms with Gasteiger partial charge in [0, 0.05) is 6.07 Å². The average molecular weight is 282 g/mol. The molecule has 0 saturated heterocycles. The Bertz CT molecular complexity index is 657. The van der Waals surface area contributed by atoms with Crippen LogP contribution in [0.2, 0.25) is 0 Å². The van der Waals surface area contributed by atoms with Crippen molar-refractivity contribution in [2.75, 3.05) is 11.8 Å². The minimum atomic E-state index is -3.68. The first-order chi connectivity index (χ1) is 8.94. The van der Waals surface area contributed by atoms with Crippen molar-refractivity contribution in [3.05, 3.63) is 29.7 Å². The maximum Gasteiger partial charge on any atom is 0.265 e. The van der Waals surface area contributed by atoms with Gasteiger partial charge in [-0.1, -0.05) is 0 Å². The second kappa shape index (κ2) is 4.88. The summed E-state index contributed by atoms with van der Waals surface area (Å²) in [6.07, 6.45) is 1.39. The van der Waals surface area contributed by atoms with Crippen molar-refractivity contribution in [2.45, 2.75) is 18.7 Å². The number of methoxy groups -OCH3 is 1. The quantitative estimate of drug-likeness (QED) is 0.879. The van der Waals surface area contributed by atoms with Crippen molar-refractivity contribution < 1.29 is 13.2 Å². The Morgan fingerprint density at radius 2 is 2.05 bits per heavy atom. The standard InChI is InChI=1S/C11H14N4O3S/c1-7-11(8(2)14-13-7)19(16,17)15-9-4-5-10(18-3)12-6-9/h4-6,15H,1-3H3,(H,13,14). The Hall–Kier alpha value is -2.09. The van der Waals surface area contributed by atoms with Crippen molar-refractivity contribution >= 4 is 15.7 Å². The van der Waals surface area contributed by atoms with E-state index in [9.17, 15) is 8.42 Å². The van der Waals surface area contributed by atoms with E-state index in [0.717, 1.165) is 0 Å². The predicted octanol–water partition coefficient (Wildman–Crippen LogP) is 1.23. The van der Waals surface area contributed by atoms with Crippen LogP contribution >= 0.6 is 0 Å². The van der Waals surface area contributed by atoms with Gasteiger partial charge in [-0.15, -0.1) is 0 Å². The number of nitrogens with zero attached hydrogens (tertiary/aromatic N) is 2. The van der Waals surface area contributed by atoms with Crippen LogP contribution in [0.15, 0.2) is 23.2 Å². The van der Waals surface area contributed by atoms with Crippen LogP contribution in [0.5, 0.6) is 5.88 Å². The minimum Gasteiger partial charge on any atom is -0.481 e. The van der Waals surface area contributed by atoms with Gasteiger partial charge >= 0.3 is 0 Å². The van der Waals surface area contributed by atoms with Gasteiger partial charge in [-0.3, -0.25) is 9.82 Å². The zero-order valence-corrected chi connectivity index (χ0v) is 11.6. The normalized spacial score (nSPS) is 11.3. The fourth-order valence-electron chi connectivity index (χ4n) is 1.70. The molecule has 7 nitrogen and oxygen atoms in total. The lowest BCUT2D eigenvalue weighted by Crippen LogP contribution is -2.14. The van der Waals surface area contributed by atoms with Crippen molar-refractivity contribution in [1.82, 2.24) is 15.2 Å². The Kier molecular flexibility index (Phi) is 3.43. The van der Waals surface area contributed by atoms with Crippen molar-refractivity contribution in [3.8, 4) is 5.88 Å². The lowest BCUT2D eigenvalue weighted by molar-refractivity contribution is 0.398. The molecule has 2 heterocycles. The zero-order valence-electron chi connectivity index (χ0n) is 10.8. The highest BCUT2D eigenvalue weighted by molar-refractivity contribution is 7.92. The highest BCUT2D eigenvalue weighted by atomic mass is 32.2. The maximum absolute atomic E-state index is 12.2. The molecule has 0 aliphatic heterocycles. The molecule has 0 saturated carbocycles. The van der Waals surface area contributed by atoms with Gasteiger partial charge in [0.2, 0.25) is 5.88 Å². The van der Waals surface area contributed by atoms with Crippen LogP contribution in [0.4, 0.5) is 5.69 Å². The van der Waals surface area contributed by atoms with E-state index < -0.39 is 10.0 Å². The van der Waals surface area contributed by atoms with Crippen molar-refractivity contribution in [3.63, 3.8) is 0 Å². The smallest absolute Gasteiger partial charge is 0.265 e. The van der Waals surface area contributed by atoms with E-state index in [1.807, 2.05) is 0 Å². The van der Waals surface area contributed by atoms with E-state index in [2.05, 4.69) is 19.9 Å². The van der Waals surface area contributed by atoms with Crippen LogP contribution in [0, 0.1) is 13.8 Å². The monoisotopic (exact) mass is 282 g/mol. The van der Waals surface area contributed by atoms with Gasteiger partial charge in [-0.25, -0.2) is 13.4 Å². The number of anilines is 1. The summed E-state index contributed by atoms with van der Waals surface area (Å²) in [4.78, 5) is 4.09. The van der Waals surface area contributed by atoms with Gasteiger partial charge in [0.05, 0.1) is 30.4 Å². The van der Waals surface area contributed by atoms with Gasteiger partial charge < -0.3 is 4.74 Å². The summed E-state index contributed by atoms with van der Waals surface area (Å²) in [6.45, 7) is 3.28. The number of hydrogen-bond acceptors (Lipinski definition) is 5. The Morgan fingerprint density at radius 1 is 1.32 bits per heavy atom. The first-order valence-electron chi connectivity index (χ1n) is 5.48. The third-order valence-electron chi connectivity index (χ3n) is 2.53. The van der Waals surface area contributed by atoms with Gasteiger partial charge in [-0.05, 0) is 19.9 Å². The van der Waals surface area contributed by atoms with Crippen molar-refractivity contribution in [1.29, 1.82) is 0 Å². The van der Waals surface area contributed by atoms with Crippen LogP contribution in [0.1, 0.15) is 11.4 Å². The molecule has 0 aromatic carbocycles. The molecule has 0 atom stereocenters. The van der Waals surface area contributed by atoms with Gasteiger partial charge in [0.15, 0.2) is 0 Å². The molecule has 0 fully saturated rings. The lowest BCUT2D eigenvalue weighted by atomic mass is 10.4. The Labute approximate surface area is 111 Å². The molecule has 0 bridgehead atoms. The van der Waals surface area contributed by atoms with E-state index >= 15 is 0 Å². The fourth-order valence-corrected chi connectivity index (χ4v) is 3.12. The molecule has 0 aliphatic carbocycles. The van der Waals surface area contributed by atoms with Crippen LogP contribution in [-0.2, 0) is 10.0 Å². The molecule has 0 amide bonds. The summed E-state index contributed by atoms with van der Waals surface area (Å²) < 4.78 is 31.8. The molecule has 102 valence electrons. The van der Waals surface area contributed by atoms with E-state index in [4.69, 9.17) is 4.74 Å². The number of pyridine rings is 1. The Morgan fingerprint density at radius 3 is 2.53 bits per heavy atom. The summed E-state index contributed by atoms with van der Waals surface area (Å²) in [5.74, 6) is 0.415. The molecule has 0 spiro atoms. The molecule has 2 N–H and O–H groups in total. The predicted molar refractivity (Wildman–Crippen MR) is 69.7 cm³/mol. The molecule has 0 aliphatic rings. The number of rotatable bonds is 4. The molecule has 8 heteroatoms. The molecule has 0 radical (unpaired) electrons. The fraction of sp³-hybridized carbons (Fsp3) is 0.273. The second-order valence-corrected chi connectivity index (χ2v) is 5.58. The first-order valence-corrected chi connectivity index (χ1v) is 6.97. The van der Waals surface area contributed by atoms with E-state index in [1.54, 1.807) is 26.0 Å². The summed E-state index contributed by atoms with van der Waals surface area (Å²) in [5.41, 5.74) is 1.28. The number of aromatic nitrogens is 3. The molecule has 2 aromatic rings. The van der Waals surface area contributed by atoms with E-state index in [1.165, 1.54) is 13.3 Å². The number of H-pyrrole nitrogens is 1. The highest BCUT2D eigenvalue weighted by Crippen LogP contribution is 2.21. The number of aromatic amines is 1. The molecule has 2 rings (SSSR count). The van der Waals surface area contributed by atoms with Crippen molar-refractivity contribution in [2.24, 2.45) is 0 Å². The van der Waals surface area contributed by atoms with Crippen LogP contribution < -0.4 is 9.46 Å². The maximum atomic E-state index is 12.2. The van der Waals surface area contributed by atoms with Crippen LogP contribution in [0.3, 0.4) is 0 Å². The summed E-state index contributed by atoms with van der Waals surface area (Å²) in [5, 5.41) is 6.51. The number of hydrogen-bond donors (Lipinski definition) is 2. The Balaban J connectivity index is 2.31. The summed E-state index contributed by atoms with van der Waals surface area (Å²) in [7, 11) is -2.19. The van der Waals surface area contributed by atoms with Gasteiger partial charge in [0.25, 0.3) is 10.0 Å². The molecule has 19 heavy (non-hydrogen) atoms. The molecule has 0 unspecified atom stereocenters.